The molecule has 2 aromatic rings. The third kappa shape index (κ3) is 3.59. The lowest BCUT2D eigenvalue weighted by molar-refractivity contribution is 0.211. The summed E-state index contributed by atoms with van der Waals surface area (Å²) in [6, 6.07) is 15.5. The highest BCUT2D eigenvalue weighted by molar-refractivity contribution is 5.76. The summed E-state index contributed by atoms with van der Waals surface area (Å²) < 4.78 is 5.13. The normalized spacial score (nSPS) is 10.2. The molecule has 0 spiro atoms. The van der Waals surface area contributed by atoms with Crippen molar-refractivity contribution in [3.63, 3.8) is 0 Å². The maximum atomic E-state index is 11.1. The van der Waals surface area contributed by atoms with Gasteiger partial charge in [0.15, 0.2) is 0 Å². The first-order valence-corrected chi connectivity index (χ1v) is 6.56. The van der Waals surface area contributed by atoms with E-state index in [-0.39, 0.29) is 0 Å². The molecule has 4 N–H and O–H groups in total. The number of primary amides is 1. The van der Waals surface area contributed by atoms with Crippen LogP contribution in [0.3, 0.4) is 0 Å². The van der Waals surface area contributed by atoms with Crippen molar-refractivity contribution in [2.75, 3.05) is 6.54 Å². The van der Waals surface area contributed by atoms with Crippen LogP contribution < -0.4 is 16.2 Å². The minimum atomic E-state index is -0.807. The highest BCUT2D eigenvalue weighted by Crippen LogP contribution is 2.31. The molecule has 0 fully saturated rings. The maximum Gasteiger partial charge on any atom is 0.409 e. The molecule has 0 aliphatic rings. The van der Waals surface area contributed by atoms with Gasteiger partial charge in [0.25, 0.3) is 0 Å². The van der Waals surface area contributed by atoms with E-state index in [1.165, 1.54) is 0 Å². The Balaban J connectivity index is 2.37. The molecule has 4 nitrogen and oxygen atoms in total. The molecule has 1 amide bonds. The van der Waals surface area contributed by atoms with Gasteiger partial charge in [-0.05, 0) is 36.6 Å². The Morgan fingerprint density at radius 2 is 1.85 bits per heavy atom. The second kappa shape index (κ2) is 6.73. The summed E-state index contributed by atoms with van der Waals surface area (Å²) in [5.74, 6) is 0.484. The SMILES string of the molecule is NCCCc1ccc(-c2ccccc2)c(OC(N)=O)c1. The summed E-state index contributed by atoms with van der Waals surface area (Å²) in [6.45, 7) is 0.631. The number of carbonyl (C=O) groups excluding carboxylic acids is 1. The van der Waals surface area contributed by atoms with Crippen molar-refractivity contribution >= 4 is 6.09 Å². The van der Waals surface area contributed by atoms with Gasteiger partial charge in [-0.25, -0.2) is 4.79 Å². The number of nitrogens with two attached hydrogens (primary N) is 2. The predicted octanol–water partition coefficient (Wildman–Crippen LogP) is 2.70. The van der Waals surface area contributed by atoms with Crippen LogP contribution >= 0.6 is 0 Å². The van der Waals surface area contributed by atoms with E-state index in [0.717, 1.165) is 29.5 Å². The quantitative estimate of drug-likeness (QED) is 0.876. The Kier molecular flexibility index (Phi) is 4.74. The van der Waals surface area contributed by atoms with E-state index in [4.69, 9.17) is 16.2 Å². The molecule has 0 atom stereocenters. The lowest BCUT2D eigenvalue weighted by atomic mass is 10.0. The van der Waals surface area contributed by atoms with Gasteiger partial charge in [-0.15, -0.1) is 0 Å². The monoisotopic (exact) mass is 270 g/mol. The summed E-state index contributed by atoms with van der Waals surface area (Å²) in [6.07, 6.45) is 0.930. The van der Waals surface area contributed by atoms with Crippen molar-refractivity contribution < 1.29 is 9.53 Å². The minimum absolute atomic E-state index is 0.484. The number of benzene rings is 2. The Morgan fingerprint density at radius 3 is 2.50 bits per heavy atom. The summed E-state index contributed by atoms with van der Waals surface area (Å²) in [5.41, 5.74) is 13.6. The van der Waals surface area contributed by atoms with E-state index in [1.807, 2.05) is 48.5 Å². The number of ether oxygens (including phenoxy) is 1. The zero-order chi connectivity index (χ0) is 14.4. The molecule has 20 heavy (non-hydrogen) atoms. The van der Waals surface area contributed by atoms with Crippen molar-refractivity contribution in [2.45, 2.75) is 12.8 Å². The fourth-order valence-electron chi connectivity index (χ4n) is 2.08. The van der Waals surface area contributed by atoms with E-state index in [2.05, 4.69) is 0 Å². The van der Waals surface area contributed by atoms with Gasteiger partial charge in [-0.1, -0.05) is 42.5 Å². The van der Waals surface area contributed by atoms with E-state index in [9.17, 15) is 4.79 Å². The third-order valence-electron chi connectivity index (χ3n) is 3.01. The molecule has 2 aromatic carbocycles. The maximum absolute atomic E-state index is 11.1. The van der Waals surface area contributed by atoms with Crippen LogP contribution in [0.5, 0.6) is 5.75 Å². The molecule has 0 saturated carbocycles. The molecule has 4 heteroatoms. The molecule has 0 aliphatic carbocycles. The molecule has 0 radical (unpaired) electrons. The van der Waals surface area contributed by atoms with Crippen LogP contribution in [0.1, 0.15) is 12.0 Å². The lowest BCUT2D eigenvalue weighted by Gasteiger charge is -2.11. The van der Waals surface area contributed by atoms with Gasteiger partial charge < -0.3 is 16.2 Å². The number of rotatable bonds is 5. The second-order valence-corrected chi connectivity index (χ2v) is 4.51. The molecule has 0 saturated heterocycles. The standard InChI is InChI=1S/C16H18N2O2/c17-10-4-5-12-8-9-14(13-6-2-1-3-7-13)15(11-12)20-16(18)19/h1-3,6-9,11H,4-5,10,17H2,(H2,18,19). The van der Waals surface area contributed by atoms with Crippen molar-refractivity contribution in [2.24, 2.45) is 11.5 Å². The van der Waals surface area contributed by atoms with Gasteiger partial charge in [0, 0.05) is 5.56 Å². The molecule has 0 aromatic heterocycles. The molecule has 0 aliphatic heterocycles. The van der Waals surface area contributed by atoms with Crippen molar-refractivity contribution in [3.05, 3.63) is 54.1 Å². The lowest BCUT2D eigenvalue weighted by Crippen LogP contribution is -2.16. The Morgan fingerprint density at radius 1 is 1.10 bits per heavy atom. The molecular weight excluding hydrogens is 252 g/mol. The van der Waals surface area contributed by atoms with Crippen LogP contribution in [0.15, 0.2) is 48.5 Å². The van der Waals surface area contributed by atoms with E-state index >= 15 is 0 Å². The van der Waals surface area contributed by atoms with Gasteiger partial charge in [0.1, 0.15) is 5.75 Å². The summed E-state index contributed by atoms with van der Waals surface area (Å²) in [7, 11) is 0. The van der Waals surface area contributed by atoms with Gasteiger partial charge in [0.05, 0.1) is 0 Å². The molecule has 0 heterocycles. The van der Waals surface area contributed by atoms with E-state index < -0.39 is 6.09 Å². The van der Waals surface area contributed by atoms with Crippen LogP contribution in [0, 0.1) is 0 Å². The molecule has 104 valence electrons. The summed E-state index contributed by atoms with van der Waals surface area (Å²) >= 11 is 0. The minimum Gasteiger partial charge on any atom is -0.410 e. The topological polar surface area (TPSA) is 78.3 Å². The van der Waals surface area contributed by atoms with Gasteiger partial charge >= 0.3 is 6.09 Å². The number of carbonyl (C=O) groups is 1. The Bertz CT molecular complexity index is 582. The van der Waals surface area contributed by atoms with Crippen LogP contribution in [0.4, 0.5) is 4.79 Å². The zero-order valence-electron chi connectivity index (χ0n) is 11.2. The largest absolute Gasteiger partial charge is 0.410 e. The van der Waals surface area contributed by atoms with E-state index in [1.54, 1.807) is 0 Å². The molecule has 0 bridgehead atoms. The van der Waals surface area contributed by atoms with Crippen LogP contribution in [0.25, 0.3) is 11.1 Å². The number of hydrogen-bond donors (Lipinski definition) is 2. The van der Waals surface area contributed by atoms with Crippen molar-refractivity contribution in [3.8, 4) is 16.9 Å². The van der Waals surface area contributed by atoms with Crippen molar-refractivity contribution in [1.29, 1.82) is 0 Å². The molecule has 2 rings (SSSR count). The van der Waals surface area contributed by atoms with Gasteiger partial charge in [-0.2, -0.15) is 0 Å². The fourth-order valence-corrected chi connectivity index (χ4v) is 2.08. The number of hydrogen-bond acceptors (Lipinski definition) is 3. The Labute approximate surface area is 118 Å². The van der Waals surface area contributed by atoms with Gasteiger partial charge in [-0.3, -0.25) is 0 Å². The van der Waals surface area contributed by atoms with Crippen LogP contribution in [0.2, 0.25) is 0 Å². The average Bonchev–Trinajstić information content (AvgIpc) is 2.45. The molecule has 0 unspecified atom stereocenters. The van der Waals surface area contributed by atoms with Crippen LogP contribution in [-0.4, -0.2) is 12.6 Å². The average molecular weight is 270 g/mol. The summed E-state index contributed by atoms with van der Waals surface area (Å²) in [5, 5.41) is 0. The second-order valence-electron chi connectivity index (χ2n) is 4.51. The number of aryl methyl sites for hydroxylation is 1. The van der Waals surface area contributed by atoms with Crippen LogP contribution in [-0.2, 0) is 6.42 Å². The smallest absolute Gasteiger partial charge is 0.409 e. The first kappa shape index (κ1) is 14.1. The van der Waals surface area contributed by atoms with Crippen molar-refractivity contribution in [1.82, 2.24) is 0 Å². The third-order valence-corrected chi connectivity index (χ3v) is 3.01. The summed E-state index contributed by atoms with van der Waals surface area (Å²) in [4.78, 5) is 11.1. The fraction of sp³-hybridized carbons (Fsp3) is 0.188. The first-order valence-electron chi connectivity index (χ1n) is 6.56. The van der Waals surface area contributed by atoms with Gasteiger partial charge in [0.2, 0.25) is 0 Å². The Hall–Kier alpha value is -2.33. The van der Waals surface area contributed by atoms with E-state index in [0.29, 0.717) is 12.3 Å². The zero-order valence-corrected chi connectivity index (χ0v) is 11.2. The number of amides is 1. The molecular formula is C16H18N2O2. The first-order chi connectivity index (χ1) is 9.70. The predicted molar refractivity (Wildman–Crippen MR) is 79.5 cm³/mol. The highest BCUT2D eigenvalue weighted by atomic mass is 16.5. The highest BCUT2D eigenvalue weighted by Gasteiger charge is 2.10.